The maximum atomic E-state index is 9.36. The lowest BCUT2D eigenvalue weighted by atomic mass is 9.45. The van der Waals surface area contributed by atoms with Crippen molar-refractivity contribution in [3.63, 3.8) is 0 Å². The molecule has 0 unspecified atom stereocenters. The monoisotopic (exact) mass is 424 g/mol. The molecule has 2 heteroatoms. The van der Waals surface area contributed by atoms with Crippen LogP contribution in [0.3, 0.4) is 0 Å². The van der Waals surface area contributed by atoms with E-state index in [1.807, 2.05) is 0 Å². The maximum absolute atomic E-state index is 9.36. The van der Waals surface area contributed by atoms with Crippen molar-refractivity contribution >= 4 is 0 Å². The first kappa shape index (κ1) is 24.6. The predicted octanol–water partition coefficient (Wildman–Crippen LogP) is 8.53. The molecule has 0 aromatic heterocycles. The number of hydrogen-bond donors (Lipinski definition) is 0. The lowest BCUT2D eigenvalue weighted by Gasteiger charge is -2.59. The van der Waals surface area contributed by atoms with Crippen LogP contribution in [0.2, 0.25) is 0 Å². The van der Waals surface area contributed by atoms with E-state index in [4.69, 9.17) is 0 Å². The van der Waals surface area contributed by atoms with Crippen molar-refractivity contribution < 1.29 is 0 Å². The number of rotatable bonds is 9. The van der Waals surface area contributed by atoms with Gasteiger partial charge in [0.05, 0.1) is 12.1 Å². The van der Waals surface area contributed by atoms with Crippen LogP contribution in [0.5, 0.6) is 0 Å². The molecule has 0 spiro atoms. The molecule has 3 aliphatic carbocycles. The number of nitriles is 2. The Morgan fingerprint density at radius 2 is 1.61 bits per heavy atom. The molecule has 2 nitrogen and oxygen atoms in total. The fourth-order valence-electron chi connectivity index (χ4n) is 8.99. The lowest BCUT2D eigenvalue weighted by molar-refractivity contribution is -0.104. The highest BCUT2D eigenvalue weighted by molar-refractivity contribution is 5.09. The molecule has 0 bridgehead atoms. The molecule has 3 rings (SSSR count). The Labute approximate surface area is 193 Å². The molecule has 3 saturated carbocycles. The zero-order chi connectivity index (χ0) is 22.6. The first-order valence-corrected chi connectivity index (χ1v) is 13.5. The van der Waals surface area contributed by atoms with E-state index in [1.54, 1.807) is 0 Å². The van der Waals surface area contributed by atoms with Crippen LogP contribution in [-0.2, 0) is 0 Å². The molecule has 0 aliphatic heterocycles. The van der Waals surface area contributed by atoms with E-state index in [2.05, 4.69) is 46.8 Å². The van der Waals surface area contributed by atoms with Crippen LogP contribution in [-0.4, -0.2) is 0 Å². The molecule has 3 aliphatic rings. The molecule has 174 valence electrons. The van der Waals surface area contributed by atoms with Crippen molar-refractivity contribution in [2.75, 3.05) is 0 Å². The third-order valence-corrected chi connectivity index (χ3v) is 10.6. The Hall–Kier alpha value is -1.02. The van der Waals surface area contributed by atoms with Gasteiger partial charge >= 0.3 is 0 Å². The summed E-state index contributed by atoms with van der Waals surface area (Å²) in [6.07, 6.45) is 15.9. The summed E-state index contributed by atoms with van der Waals surface area (Å²) in [5, 5.41) is 18.6. The largest absolute Gasteiger partial charge is 0.198 e. The summed E-state index contributed by atoms with van der Waals surface area (Å²) >= 11 is 0. The van der Waals surface area contributed by atoms with Crippen molar-refractivity contribution in [2.45, 2.75) is 118 Å². The Morgan fingerprint density at radius 1 is 0.871 bits per heavy atom. The Balaban J connectivity index is 1.75. The third-order valence-electron chi connectivity index (χ3n) is 10.6. The minimum atomic E-state index is 0.262. The summed E-state index contributed by atoms with van der Waals surface area (Å²) in [6.45, 7) is 12.4. The highest BCUT2D eigenvalue weighted by Gasteiger charge is 2.59. The summed E-state index contributed by atoms with van der Waals surface area (Å²) in [5.41, 5.74) is 0.797. The van der Waals surface area contributed by atoms with Crippen LogP contribution in [0.25, 0.3) is 0 Å². The molecular weight excluding hydrogens is 376 g/mol. The van der Waals surface area contributed by atoms with E-state index in [0.717, 1.165) is 48.3 Å². The van der Waals surface area contributed by atoms with Gasteiger partial charge in [-0.05, 0) is 104 Å². The molecule has 0 N–H and O–H groups in total. The zero-order valence-electron chi connectivity index (χ0n) is 21.1. The average Bonchev–Trinajstić information content (AvgIpc) is 3.09. The lowest BCUT2D eigenvalue weighted by Crippen LogP contribution is -2.52. The van der Waals surface area contributed by atoms with Crippen LogP contribution in [0.1, 0.15) is 118 Å². The number of nitrogens with zero attached hydrogens (tertiary/aromatic N) is 2. The van der Waals surface area contributed by atoms with Gasteiger partial charge in [0.25, 0.3) is 0 Å². The summed E-state index contributed by atoms with van der Waals surface area (Å²) in [7, 11) is 0. The maximum Gasteiger partial charge on any atom is 0.0621 e. The normalized spacial score (nSPS) is 40.6. The van der Waals surface area contributed by atoms with Gasteiger partial charge in [0, 0.05) is 12.8 Å². The molecule has 8 atom stereocenters. The third kappa shape index (κ3) is 4.85. The van der Waals surface area contributed by atoms with E-state index >= 15 is 0 Å². The first-order valence-electron chi connectivity index (χ1n) is 13.5. The molecule has 0 saturated heterocycles. The minimum Gasteiger partial charge on any atom is -0.198 e. The second-order valence-electron chi connectivity index (χ2n) is 12.5. The number of fused-ring (bicyclic) bond motifs is 3. The molecule has 0 heterocycles. The van der Waals surface area contributed by atoms with Gasteiger partial charge in [0.15, 0.2) is 0 Å². The van der Waals surface area contributed by atoms with Crippen molar-refractivity contribution in [3.8, 4) is 12.1 Å². The van der Waals surface area contributed by atoms with E-state index in [-0.39, 0.29) is 5.41 Å². The fraction of sp³-hybridized carbons (Fsp3) is 0.931. The van der Waals surface area contributed by atoms with Gasteiger partial charge in [0.2, 0.25) is 0 Å². The van der Waals surface area contributed by atoms with Crippen LogP contribution in [0.15, 0.2) is 0 Å². The second-order valence-corrected chi connectivity index (χ2v) is 12.5. The fourth-order valence-corrected chi connectivity index (χ4v) is 8.99. The van der Waals surface area contributed by atoms with E-state index in [1.165, 1.54) is 57.8 Å². The van der Waals surface area contributed by atoms with Crippen molar-refractivity contribution in [3.05, 3.63) is 0 Å². The zero-order valence-corrected chi connectivity index (χ0v) is 21.1. The van der Waals surface area contributed by atoms with E-state index in [9.17, 15) is 10.5 Å². The van der Waals surface area contributed by atoms with Gasteiger partial charge in [-0.2, -0.15) is 10.5 Å². The van der Waals surface area contributed by atoms with Crippen LogP contribution in [0.4, 0.5) is 0 Å². The van der Waals surface area contributed by atoms with Gasteiger partial charge in [0.1, 0.15) is 0 Å². The second kappa shape index (κ2) is 10.3. The van der Waals surface area contributed by atoms with Crippen LogP contribution in [0, 0.1) is 74.9 Å². The molecular formula is C29H48N2. The highest BCUT2D eigenvalue weighted by Crippen LogP contribution is 2.67. The van der Waals surface area contributed by atoms with Gasteiger partial charge in [-0.1, -0.05) is 53.9 Å². The molecule has 0 amide bonds. The van der Waals surface area contributed by atoms with Crippen molar-refractivity contribution in [1.29, 1.82) is 10.5 Å². The highest BCUT2D eigenvalue weighted by atomic mass is 14.6. The molecule has 3 fully saturated rings. The molecule has 0 aromatic rings. The van der Waals surface area contributed by atoms with Gasteiger partial charge in [-0.25, -0.2) is 0 Å². The predicted molar refractivity (Wildman–Crippen MR) is 129 cm³/mol. The van der Waals surface area contributed by atoms with Crippen LogP contribution < -0.4 is 0 Å². The first-order chi connectivity index (χ1) is 14.8. The molecule has 0 radical (unpaired) electrons. The van der Waals surface area contributed by atoms with Crippen molar-refractivity contribution in [1.82, 2.24) is 0 Å². The van der Waals surface area contributed by atoms with Gasteiger partial charge in [-0.15, -0.1) is 0 Å². The summed E-state index contributed by atoms with van der Waals surface area (Å²) in [6, 6.07) is 4.85. The summed E-state index contributed by atoms with van der Waals surface area (Å²) in [4.78, 5) is 0. The quantitative estimate of drug-likeness (QED) is 0.372. The van der Waals surface area contributed by atoms with Gasteiger partial charge < -0.3 is 0 Å². The smallest absolute Gasteiger partial charge is 0.0621 e. The topological polar surface area (TPSA) is 47.6 Å². The number of hydrogen-bond acceptors (Lipinski definition) is 2. The summed E-state index contributed by atoms with van der Waals surface area (Å²) in [5.74, 6) is 5.76. The van der Waals surface area contributed by atoms with Crippen molar-refractivity contribution in [2.24, 2.45) is 52.3 Å². The standard InChI is InChI=1S/C29H48N2/c1-21(2)9-6-10-22(3)25-14-15-26-24-13-12-23(11-7-19-30)28(4,17-8-20-31)27(24)16-18-29(25,26)5/h21-27H,6-18H2,1-5H3/t22-,23-,24-,25+,26-,27-,28-,29-/m1/s1. The van der Waals surface area contributed by atoms with Crippen LogP contribution >= 0.6 is 0 Å². The summed E-state index contributed by atoms with van der Waals surface area (Å²) < 4.78 is 0. The Bertz CT molecular complexity index is 669. The SMILES string of the molecule is CC(C)CCC[C@@H](C)[C@@H]1CC[C@@H]2[C@H]3CC[C@@H](CCC#N)[C@@](C)(CCC#N)[C@@H]3CC[C@@]21C. The van der Waals surface area contributed by atoms with Gasteiger partial charge in [-0.3, -0.25) is 0 Å². The minimum absolute atomic E-state index is 0.262. The average molecular weight is 425 g/mol. The molecule has 0 aromatic carbocycles. The van der Waals surface area contributed by atoms with E-state index in [0.29, 0.717) is 24.2 Å². The Kier molecular flexibility index (Phi) is 8.16. The Morgan fingerprint density at radius 3 is 2.29 bits per heavy atom. The molecule has 31 heavy (non-hydrogen) atoms. The van der Waals surface area contributed by atoms with E-state index < -0.39 is 0 Å².